The van der Waals surface area contributed by atoms with Crippen molar-refractivity contribution in [1.82, 2.24) is 9.88 Å². The molecule has 0 bridgehead atoms. The van der Waals surface area contributed by atoms with E-state index in [-0.39, 0.29) is 10.9 Å². The Labute approximate surface area is 182 Å². The van der Waals surface area contributed by atoms with E-state index in [1.54, 1.807) is 24.2 Å². The summed E-state index contributed by atoms with van der Waals surface area (Å²) in [5.41, 5.74) is 0.805. The maximum atomic E-state index is 13.0. The molecular weight excluding hydrogens is 424 g/mol. The van der Waals surface area contributed by atoms with E-state index in [4.69, 9.17) is 4.74 Å². The summed E-state index contributed by atoms with van der Waals surface area (Å²) in [6.45, 7) is 1.35. The molecule has 0 aliphatic rings. The third-order valence-corrected chi connectivity index (χ3v) is 6.29. The van der Waals surface area contributed by atoms with Gasteiger partial charge in [0.15, 0.2) is 5.13 Å². The Morgan fingerprint density at radius 3 is 2.70 bits per heavy atom. The molecule has 1 amide bonds. The quantitative estimate of drug-likeness (QED) is 0.277. The predicted molar refractivity (Wildman–Crippen MR) is 122 cm³/mol. The minimum atomic E-state index is -0.438. The van der Waals surface area contributed by atoms with Crippen LogP contribution in [0.15, 0.2) is 36.4 Å². The van der Waals surface area contributed by atoms with Crippen molar-refractivity contribution in [2.24, 2.45) is 0 Å². The molecule has 10 heteroatoms. The van der Waals surface area contributed by atoms with Crippen LogP contribution in [0, 0.1) is 10.1 Å². The molecule has 0 atom stereocenters. The number of thiazole rings is 1. The second-order valence-corrected chi connectivity index (χ2v) is 8.85. The molecule has 158 valence electrons. The van der Waals surface area contributed by atoms with Gasteiger partial charge in [0.05, 0.1) is 22.2 Å². The molecule has 0 fully saturated rings. The number of ether oxygens (including phenoxy) is 1. The van der Waals surface area contributed by atoms with Gasteiger partial charge in [-0.15, -0.1) is 0 Å². The van der Waals surface area contributed by atoms with E-state index in [1.807, 2.05) is 32.3 Å². The fourth-order valence-corrected chi connectivity index (χ4v) is 4.50. The van der Waals surface area contributed by atoms with Crippen LogP contribution in [-0.4, -0.2) is 55.0 Å². The van der Waals surface area contributed by atoms with Crippen molar-refractivity contribution in [1.29, 1.82) is 0 Å². The molecule has 2 heterocycles. The Bertz CT molecular complexity index is 1070. The highest BCUT2D eigenvalue weighted by Gasteiger charge is 2.18. The first-order valence-electron chi connectivity index (χ1n) is 9.20. The Morgan fingerprint density at radius 2 is 2.03 bits per heavy atom. The van der Waals surface area contributed by atoms with Gasteiger partial charge in [0.25, 0.3) is 5.91 Å². The lowest BCUT2D eigenvalue weighted by molar-refractivity contribution is -0.380. The van der Waals surface area contributed by atoms with E-state index in [0.717, 1.165) is 40.3 Å². The first-order chi connectivity index (χ1) is 14.4. The van der Waals surface area contributed by atoms with Crippen LogP contribution < -0.4 is 9.64 Å². The van der Waals surface area contributed by atoms with Gasteiger partial charge in [-0.3, -0.25) is 19.8 Å². The number of thiophene rings is 1. The fourth-order valence-electron chi connectivity index (χ4n) is 2.75. The molecule has 0 saturated heterocycles. The summed E-state index contributed by atoms with van der Waals surface area (Å²) >= 11 is 2.46. The molecule has 30 heavy (non-hydrogen) atoms. The summed E-state index contributed by atoms with van der Waals surface area (Å²) in [5.74, 6) is 0.526. The Morgan fingerprint density at radius 1 is 1.23 bits per heavy atom. The molecule has 0 saturated carbocycles. The zero-order chi connectivity index (χ0) is 21.7. The van der Waals surface area contributed by atoms with Crippen molar-refractivity contribution in [2.75, 3.05) is 39.2 Å². The summed E-state index contributed by atoms with van der Waals surface area (Å²) in [4.78, 5) is 32.4. The largest absolute Gasteiger partial charge is 0.497 e. The minimum absolute atomic E-state index is 0.0464. The van der Waals surface area contributed by atoms with Crippen molar-refractivity contribution in [3.63, 3.8) is 0 Å². The average molecular weight is 447 g/mol. The second-order valence-electron chi connectivity index (χ2n) is 6.74. The van der Waals surface area contributed by atoms with Gasteiger partial charge in [-0.2, -0.15) is 0 Å². The van der Waals surface area contributed by atoms with E-state index < -0.39 is 4.92 Å². The molecule has 0 radical (unpaired) electrons. The highest BCUT2D eigenvalue weighted by molar-refractivity contribution is 7.22. The first-order valence-corrected chi connectivity index (χ1v) is 10.8. The molecule has 2 aromatic heterocycles. The third-order valence-electron chi connectivity index (χ3n) is 4.25. The number of anilines is 1. The summed E-state index contributed by atoms with van der Waals surface area (Å²) in [5, 5.41) is 11.5. The van der Waals surface area contributed by atoms with Crippen LogP contribution in [0.2, 0.25) is 0 Å². The van der Waals surface area contributed by atoms with Crippen LogP contribution in [0.25, 0.3) is 16.3 Å². The number of carbonyl (C=O) groups is 1. The molecule has 3 rings (SSSR count). The number of fused-ring (bicyclic) bond motifs is 1. The van der Waals surface area contributed by atoms with Gasteiger partial charge in [0.1, 0.15) is 5.75 Å². The number of amides is 1. The Hall–Kier alpha value is -2.82. The van der Waals surface area contributed by atoms with Gasteiger partial charge < -0.3 is 9.64 Å². The minimum Gasteiger partial charge on any atom is -0.497 e. The van der Waals surface area contributed by atoms with Crippen LogP contribution in [0.5, 0.6) is 5.75 Å². The lowest BCUT2D eigenvalue weighted by Crippen LogP contribution is -2.32. The average Bonchev–Trinajstić information content (AvgIpc) is 3.35. The van der Waals surface area contributed by atoms with Gasteiger partial charge >= 0.3 is 5.00 Å². The zero-order valence-corrected chi connectivity index (χ0v) is 18.5. The fraction of sp³-hybridized carbons (Fsp3) is 0.300. The summed E-state index contributed by atoms with van der Waals surface area (Å²) in [6.07, 6.45) is 3.84. The number of carbonyl (C=O) groups excluding carboxylic acids is 1. The number of nitrogens with zero attached hydrogens (tertiary/aromatic N) is 4. The van der Waals surface area contributed by atoms with Crippen molar-refractivity contribution >= 4 is 55.0 Å². The van der Waals surface area contributed by atoms with Gasteiger partial charge in [-0.1, -0.05) is 22.7 Å². The van der Waals surface area contributed by atoms with Crippen molar-refractivity contribution in [2.45, 2.75) is 6.42 Å². The zero-order valence-electron chi connectivity index (χ0n) is 16.9. The lowest BCUT2D eigenvalue weighted by Gasteiger charge is -2.19. The van der Waals surface area contributed by atoms with E-state index in [9.17, 15) is 14.9 Å². The molecule has 0 aliphatic carbocycles. The van der Waals surface area contributed by atoms with E-state index in [2.05, 4.69) is 9.88 Å². The van der Waals surface area contributed by atoms with E-state index in [1.165, 1.54) is 23.5 Å². The van der Waals surface area contributed by atoms with Crippen LogP contribution in [0.1, 0.15) is 11.3 Å². The Kier molecular flexibility index (Phi) is 7.14. The SMILES string of the molecule is COc1ccc2nc(N(CCCN(C)C)C(=O)/C=C/c3ccc([N+](=O)[O-])s3)sc2c1. The van der Waals surface area contributed by atoms with Gasteiger partial charge in [-0.05, 0) is 57.4 Å². The van der Waals surface area contributed by atoms with Gasteiger partial charge in [0.2, 0.25) is 0 Å². The number of methoxy groups -OCH3 is 1. The summed E-state index contributed by atoms with van der Waals surface area (Å²) in [6, 6.07) is 8.68. The summed E-state index contributed by atoms with van der Waals surface area (Å²) in [7, 11) is 5.58. The van der Waals surface area contributed by atoms with Crippen LogP contribution in [-0.2, 0) is 4.79 Å². The van der Waals surface area contributed by atoms with Crippen LogP contribution in [0.4, 0.5) is 10.1 Å². The van der Waals surface area contributed by atoms with Gasteiger partial charge in [-0.25, -0.2) is 4.98 Å². The molecular formula is C20H22N4O4S2. The monoisotopic (exact) mass is 446 g/mol. The first kappa shape index (κ1) is 21.9. The standard InChI is InChI=1S/C20H22N4O4S2/c1-22(2)11-4-12-23(18(25)9-6-15-7-10-19(29-15)24(26)27)20-21-16-8-5-14(28-3)13-17(16)30-20/h5-10,13H,4,11-12H2,1-3H3/b9-6+. The maximum absolute atomic E-state index is 13.0. The molecule has 3 aromatic rings. The molecule has 0 spiro atoms. The number of hydrogen-bond acceptors (Lipinski definition) is 8. The van der Waals surface area contributed by atoms with Gasteiger partial charge in [0, 0.05) is 23.6 Å². The van der Waals surface area contributed by atoms with Crippen molar-refractivity contribution in [3.05, 3.63) is 51.4 Å². The highest BCUT2D eigenvalue weighted by Crippen LogP contribution is 2.32. The second kappa shape index (κ2) is 9.79. The van der Waals surface area contributed by atoms with E-state index >= 15 is 0 Å². The molecule has 8 nitrogen and oxygen atoms in total. The lowest BCUT2D eigenvalue weighted by atomic mass is 10.3. The summed E-state index contributed by atoms with van der Waals surface area (Å²) < 4.78 is 6.21. The number of rotatable bonds is 9. The molecule has 0 aliphatic heterocycles. The molecule has 0 N–H and O–H groups in total. The molecule has 0 unspecified atom stereocenters. The number of benzene rings is 1. The Balaban J connectivity index is 1.84. The van der Waals surface area contributed by atoms with Crippen molar-refractivity contribution in [3.8, 4) is 5.75 Å². The predicted octanol–water partition coefficient (Wildman–Crippen LogP) is 4.27. The number of aromatic nitrogens is 1. The maximum Gasteiger partial charge on any atom is 0.324 e. The third kappa shape index (κ3) is 5.41. The normalized spacial score (nSPS) is 11.5. The number of hydrogen-bond donors (Lipinski definition) is 0. The smallest absolute Gasteiger partial charge is 0.324 e. The molecule has 1 aromatic carbocycles. The number of nitro groups is 1. The van der Waals surface area contributed by atoms with Crippen LogP contribution >= 0.6 is 22.7 Å². The van der Waals surface area contributed by atoms with E-state index in [0.29, 0.717) is 16.6 Å². The highest BCUT2D eigenvalue weighted by atomic mass is 32.1. The van der Waals surface area contributed by atoms with Crippen molar-refractivity contribution < 1.29 is 14.5 Å². The van der Waals surface area contributed by atoms with Crippen LogP contribution in [0.3, 0.4) is 0 Å². The topological polar surface area (TPSA) is 88.8 Å².